The molecule has 1 heterocycles. The van der Waals surface area contributed by atoms with Crippen molar-refractivity contribution in [3.63, 3.8) is 0 Å². The number of nitrogens with one attached hydrogen (secondary N) is 1. The van der Waals surface area contributed by atoms with Gasteiger partial charge in [0.2, 0.25) is 0 Å². The van der Waals surface area contributed by atoms with E-state index in [-0.39, 0.29) is 26.3 Å². The highest BCUT2D eigenvalue weighted by molar-refractivity contribution is 8.04. The maximum absolute atomic E-state index is 13.5. The minimum atomic E-state index is -0.550. The van der Waals surface area contributed by atoms with Crippen LogP contribution in [0.1, 0.15) is 5.56 Å². The highest BCUT2D eigenvalue weighted by atomic mass is 35.5. The zero-order valence-corrected chi connectivity index (χ0v) is 20.6. The Labute approximate surface area is 210 Å². The summed E-state index contributed by atoms with van der Waals surface area (Å²) in [5.41, 5.74) is 1.94. The fraction of sp³-hybridized carbons (Fsp3) is 0.0833. The summed E-state index contributed by atoms with van der Waals surface area (Å²) in [6.45, 7) is 1.97. The number of halogens is 3. The summed E-state index contributed by atoms with van der Waals surface area (Å²) >= 11 is 19.9. The normalized spacial score (nSPS) is 13.7. The average molecular weight is 520 g/mol. The summed E-state index contributed by atoms with van der Waals surface area (Å²) in [6, 6.07) is 17.4. The Morgan fingerprint density at radius 3 is 2.30 bits per heavy atom. The highest BCUT2D eigenvalue weighted by Crippen LogP contribution is 2.41. The number of nitrogens with zero attached hydrogens (tertiary/aromatic N) is 1. The Kier molecular flexibility index (Phi) is 6.91. The fourth-order valence-electron chi connectivity index (χ4n) is 3.21. The summed E-state index contributed by atoms with van der Waals surface area (Å²) in [5.74, 6) is -0.561. The molecule has 0 saturated heterocycles. The number of methoxy groups -OCH3 is 1. The van der Waals surface area contributed by atoms with E-state index in [4.69, 9.17) is 39.5 Å². The SMILES string of the molecule is COc1ccc(NC2=C(Sc3ccc(C)cc3)C(=O)N(c3cccc(Cl)c3Cl)C2=O)cc1Cl. The van der Waals surface area contributed by atoms with Crippen LogP contribution in [0.2, 0.25) is 15.1 Å². The average Bonchev–Trinajstić information content (AvgIpc) is 3.01. The maximum Gasteiger partial charge on any atom is 0.283 e. The molecule has 0 atom stereocenters. The van der Waals surface area contributed by atoms with Crippen molar-refractivity contribution >= 4 is 69.8 Å². The van der Waals surface area contributed by atoms with Gasteiger partial charge in [-0.3, -0.25) is 9.59 Å². The van der Waals surface area contributed by atoms with Crippen LogP contribution in [0.4, 0.5) is 11.4 Å². The van der Waals surface area contributed by atoms with E-state index < -0.39 is 11.8 Å². The van der Waals surface area contributed by atoms with Crippen molar-refractivity contribution in [2.45, 2.75) is 11.8 Å². The molecule has 1 aliphatic heterocycles. The van der Waals surface area contributed by atoms with Crippen LogP contribution in [0.5, 0.6) is 5.75 Å². The number of hydrogen-bond donors (Lipinski definition) is 1. The Balaban J connectivity index is 1.77. The first-order valence-electron chi connectivity index (χ1n) is 9.72. The third kappa shape index (κ3) is 4.70. The molecule has 0 bridgehead atoms. The third-order valence-electron chi connectivity index (χ3n) is 4.88. The molecule has 5 nitrogen and oxygen atoms in total. The minimum absolute atomic E-state index is 0.114. The molecule has 0 fully saturated rings. The van der Waals surface area contributed by atoms with Crippen LogP contribution >= 0.6 is 46.6 Å². The van der Waals surface area contributed by atoms with Gasteiger partial charge in [0.05, 0.1) is 27.9 Å². The lowest BCUT2D eigenvalue weighted by atomic mass is 10.2. The van der Waals surface area contributed by atoms with Crippen LogP contribution in [0, 0.1) is 6.92 Å². The van der Waals surface area contributed by atoms with Crippen molar-refractivity contribution in [2.24, 2.45) is 0 Å². The predicted octanol–water partition coefficient (Wildman–Crippen LogP) is 6.95. The number of hydrogen-bond acceptors (Lipinski definition) is 5. The molecule has 0 saturated carbocycles. The van der Waals surface area contributed by atoms with Crippen molar-refractivity contribution in [1.82, 2.24) is 0 Å². The summed E-state index contributed by atoms with van der Waals surface area (Å²) in [7, 11) is 1.51. The standard InChI is InChI=1S/C24H17Cl3N2O3S/c1-13-6-9-15(10-7-13)33-22-21(28-14-8-11-19(32-2)17(26)12-14)23(30)29(24(22)31)18-5-3-4-16(25)20(18)27/h3-12,28H,1-2H3. The number of thioether (sulfide) groups is 1. The highest BCUT2D eigenvalue weighted by Gasteiger charge is 2.41. The number of carbonyl (C=O) groups is 2. The molecule has 2 amide bonds. The third-order valence-corrected chi connectivity index (χ3v) is 7.07. The first-order chi connectivity index (χ1) is 15.8. The Morgan fingerprint density at radius 1 is 0.909 bits per heavy atom. The summed E-state index contributed by atoms with van der Waals surface area (Å²) in [6.07, 6.45) is 0. The molecule has 4 rings (SSSR count). The lowest BCUT2D eigenvalue weighted by Crippen LogP contribution is -2.32. The number of carbonyl (C=O) groups excluding carboxylic acids is 2. The largest absolute Gasteiger partial charge is 0.495 e. The van der Waals surface area contributed by atoms with E-state index >= 15 is 0 Å². The lowest BCUT2D eigenvalue weighted by molar-refractivity contribution is -0.120. The van der Waals surface area contributed by atoms with Crippen LogP contribution in [-0.4, -0.2) is 18.9 Å². The van der Waals surface area contributed by atoms with Gasteiger partial charge in [-0.2, -0.15) is 0 Å². The monoisotopic (exact) mass is 518 g/mol. The van der Waals surface area contributed by atoms with Crippen molar-refractivity contribution in [2.75, 3.05) is 17.3 Å². The number of imide groups is 1. The van der Waals surface area contributed by atoms with E-state index in [2.05, 4.69) is 5.32 Å². The molecule has 1 N–H and O–H groups in total. The number of benzene rings is 3. The van der Waals surface area contributed by atoms with Gasteiger partial charge >= 0.3 is 0 Å². The molecule has 0 aromatic heterocycles. The molecule has 168 valence electrons. The smallest absolute Gasteiger partial charge is 0.283 e. The van der Waals surface area contributed by atoms with Crippen LogP contribution in [0.25, 0.3) is 0 Å². The van der Waals surface area contributed by atoms with Gasteiger partial charge in [-0.15, -0.1) is 0 Å². The minimum Gasteiger partial charge on any atom is -0.495 e. The second-order valence-electron chi connectivity index (χ2n) is 7.11. The number of ether oxygens (including phenoxy) is 1. The maximum atomic E-state index is 13.5. The van der Waals surface area contributed by atoms with Gasteiger partial charge in [0, 0.05) is 10.6 Å². The van der Waals surface area contributed by atoms with Gasteiger partial charge in [0.25, 0.3) is 11.8 Å². The zero-order valence-electron chi connectivity index (χ0n) is 17.5. The first-order valence-corrected chi connectivity index (χ1v) is 11.7. The van der Waals surface area contributed by atoms with Crippen molar-refractivity contribution in [3.05, 3.63) is 91.9 Å². The van der Waals surface area contributed by atoms with Crippen molar-refractivity contribution in [3.8, 4) is 5.75 Å². The van der Waals surface area contributed by atoms with Gasteiger partial charge in [-0.05, 0) is 49.4 Å². The second kappa shape index (κ2) is 9.69. The fourth-order valence-corrected chi connectivity index (χ4v) is 4.78. The molecule has 0 unspecified atom stereocenters. The summed E-state index contributed by atoms with van der Waals surface area (Å²) < 4.78 is 5.18. The van der Waals surface area contributed by atoms with Crippen molar-refractivity contribution in [1.29, 1.82) is 0 Å². The Morgan fingerprint density at radius 2 is 1.64 bits per heavy atom. The molecule has 9 heteroatoms. The molecule has 0 spiro atoms. The first kappa shape index (κ1) is 23.5. The van der Waals surface area contributed by atoms with E-state index in [0.29, 0.717) is 16.5 Å². The zero-order chi connectivity index (χ0) is 23.7. The van der Waals surface area contributed by atoms with Crippen LogP contribution < -0.4 is 15.0 Å². The Hall–Kier alpha value is -2.64. The van der Waals surface area contributed by atoms with Gasteiger partial charge < -0.3 is 10.1 Å². The number of anilines is 2. The van der Waals surface area contributed by atoms with Gasteiger partial charge in [0.1, 0.15) is 16.4 Å². The Bertz CT molecular complexity index is 1290. The van der Waals surface area contributed by atoms with E-state index in [1.165, 1.54) is 18.9 Å². The summed E-state index contributed by atoms with van der Waals surface area (Å²) in [4.78, 5) is 29.0. The number of rotatable bonds is 6. The van der Waals surface area contributed by atoms with Crippen LogP contribution in [0.3, 0.4) is 0 Å². The molecular formula is C24H17Cl3N2O3S. The van der Waals surface area contributed by atoms with E-state index in [1.807, 2.05) is 31.2 Å². The van der Waals surface area contributed by atoms with Crippen LogP contribution in [0.15, 0.2) is 76.2 Å². The van der Waals surface area contributed by atoms with E-state index in [0.717, 1.165) is 15.4 Å². The molecule has 3 aromatic rings. The molecular weight excluding hydrogens is 503 g/mol. The second-order valence-corrected chi connectivity index (χ2v) is 9.39. The van der Waals surface area contributed by atoms with E-state index in [9.17, 15) is 9.59 Å². The number of amides is 2. The summed E-state index contributed by atoms with van der Waals surface area (Å²) in [5, 5.41) is 3.78. The molecule has 0 aliphatic carbocycles. The van der Waals surface area contributed by atoms with E-state index in [1.54, 1.807) is 36.4 Å². The molecule has 0 radical (unpaired) electrons. The van der Waals surface area contributed by atoms with Crippen molar-refractivity contribution < 1.29 is 14.3 Å². The molecule has 3 aromatic carbocycles. The van der Waals surface area contributed by atoms with Gasteiger partial charge in [0.15, 0.2) is 0 Å². The predicted molar refractivity (Wildman–Crippen MR) is 135 cm³/mol. The van der Waals surface area contributed by atoms with Gasteiger partial charge in [-0.25, -0.2) is 4.90 Å². The number of aryl methyl sites for hydroxylation is 1. The quantitative estimate of drug-likeness (QED) is 0.357. The van der Waals surface area contributed by atoms with Crippen LogP contribution in [-0.2, 0) is 9.59 Å². The lowest BCUT2D eigenvalue weighted by Gasteiger charge is -2.17. The molecule has 1 aliphatic rings. The molecule has 33 heavy (non-hydrogen) atoms. The topological polar surface area (TPSA) is 58.6 Å². The van der Waals surface area contributed by atoms with Gasteiger partial charge in [-0.1, -0.05) is 70.3 Å².